The van der Waals surface area contributed by atoms with Crippen molar-refractivity contribution in [1.29, 1.82) is 0 Å². The van der Waals surface area contributed by atoms with Gasteiger partial charge < -0.3 is 9.64 Å². The number of halogens is 1. The molecule has 0 unspecified atom stereocenters. The molecule has 1 saturated carbocycles. The lowest BCUT2D eigenvalue weighted by Crippen LogP contribution is -2.37. The Morgan fingerprint density at radius 3 is 2.61 bits per heavy atom. The molecule has 2 nitrogen and oxygen atoms in total. The lowest BCUT2D eigenvalue weighted by atomic mass is 10.0. The van der Waals surface area contributed by atoms with Crippen molar-refractivity contribution < 1.29 is 9.13 Å². The molecule has 0 atom stereocenters. The molecule has 0 N–H and O–H groups in total. The van der Waals surface area contributed by atoms with Crippen LogP contribution in [0.3, 0.4) is 0 Å². The molecule has 0 radical (unpaired) electrons. The fourth-order valence-corrected chi connectivity index (χ4v) is 4.01. The van der Waals surface area contributed by atoms with Gasteiger partial charge in [0.15, 0.2) is 0 Å². The zero-order valence-electron chi connectivity index (χ0n) is 11.5. The molecular weight excluding hydrogens is 249 g/mol. The van der Waals surface area contributed by atoms with Crippen LogP contribution in [0.4, 0.5) is 4.39 Å². The van der Waals surface area contributed by atoms with E-state index in [-0.39, 0.29) is 0 Å². The normalized spacial score (nSPS) is 24.8. The second kappa shape index (κ2) is 7.11. The van der Waals surface area contributed by atoms with Gasteiger partial charge in [0.05, 0.1) is 12.7 Å². The molecular formula is C14H26FNOS. The van der Waals surface area contributed by atoms with E-state index < -0.39 is 5.67 Å². The number of likely N-dealkylation sites (N-methyl/N-ethyl adjacent to an activating group) is 1. The topological polar surface area (TPSA) is 12.5 Å². The number of hydrogen-bond acceptors (Lipinski definition) is 3. The van der Waals surface area contributed by atoms with Crippen LogP contribution in [0.1, 0.15) is 38.5 Å². The van der Waals surface area contributed by atoms with Crippen LogP contribution in [0.5, 0.6) is 0 Å². The molecule has 18 heavy (non-hydrogen) atoms. The van der Waals surface area contributed by atoms with Crippen molar-refractivity contribution in [2.24, 2.45) is 0 Å². The Kier molecular flexibility index (Phi) is 5.77. The number of thioether (sulfide) groups is 1. The summed E-state index contributed by atoms with van der Waals surface area (Å²) in [5, 5.41) is 0. The second-order valence-corrected chi connectivity index (χ2v) is 7.00. The lowest BCUT2D eigenvalue weighted by Gasteiger charge is -2.27. The number of nitrogens with zero attached hydrogens (tertiary/aromatic N) is 1. The van der Waals surface area contributed by atoms with Gasteiger partial charge in [0.1, 0.15) is 5.67 Å². The van der Waals surface area contributed by atoms with Crippen molar-refractivity contribution >= 4 is 11.8 Å². The summed E-state index contributed by atoms with van der Waals surface area (Å²) < 4.78 is 20.1. The minimum Gasteiger partial charge on any atom is -0.377 e. The molecule has 1 heterocycles. The molecule has 1 saturated heterocycles. The van der Waals surface area contributed by atoms with Gasteiger partial charge >= 0.3 is 0 Å². The van der Waals surface area contributed by atoms with Gasteiger partial charge in [-0.1, -0.05) is 12.8 Å². The SMILES string of the molecule is CN(CCOC1CCSCC1)CC1(F)CCCC1. The van der Waals surface area contributed by atoms with Gasteiger partial charge in [-0.05, 0) is 44.2 Å². The van der Waals surface area contributed by atoms with Gasteiger partial charge in [0.2, 0.25) is 0 Å². The molecule has 0 aromatic heterocycles. The van der Waals surface area contributed by atoms with E-state index in [2.05, 4.69) is 4.90 Å². The average molecular weight is 275 g/mol. The third kappa shape index (κ3) is 4.71. The van der Waals surface area contributed by atoms with Crippen molar-refractivity contribution in [1.82, 2.24) is 4.90 Å². The third-order valence-corrected chi connectivity index (χ3v) is 5.10. The zero-order valence-corrected chi connectivity index (χ0v) is 12.3. The monoisotopic (exact) mass is 275 g/mol. The Hall–Kier alpha value is 0.200. The molecule has 0 spiro atoms. The second-order valence-electron chi connectivity index (χ2n) is 5.78. The minimum atomic E-state index is -0.920. The number of rotatable bonds is 6. The highest BCUT2D eigenvalue weighted by atomic mass is 32.2. The first-order valence-electron chi connectivity index (χ1n) is 7.25. The molecule has 0 bridgehead atoms. The summed E-state index contributed by atoms with van der Waals surface area (Å²) in [6, 6.07) is 0. The fourth-order valence-electron chi connectivity index (χ4n) is 2.95. The van der Waals surface area contributed by atoms with Gasteiger partial charge in [-0.25, -0.2) is 4.39 Å². The number of ether oxygens (including phenoxy) is 1. The van der Waals surface area contributed by atoms with Crippen molar-refractivity contribution in [2.45, 2.75) is 50.3 Å². The molecule has 0 amide bonds. The summed E-state index contributed by atoms with van der Waals surface area (Å²) in [5.74, 6) is 2.46. The Morgan fingerprint density at radius 1 is 1.28 bits per heavy atom. The quantitative estimate of drug-likeness (QED) is 0.739. The molecule has 0 aromatic carbocycles. The van der Waals surface area contributed by atoms with E-state index in [0.29, 0.717) is 12.6 Å². The summed E-state index contributed by atoms with van der Waals surface area (Å²) in [6.07, 6.45) is 6.42. The maximum absolute atomic E-state index is 14.3. The highest BCUT2D eigenvalue weighted by Crippen LogP contribution is 2.33. The number of hydrogen-bond donors (Lipinski definition) is 0. The van der Waals surface area contributed by atoms with Crippen molar-refractivity contribution in [3.05, 3.63) is 0 Å². The predicted octanol–water partition coefficient (Wildman–Crippen LogP) is 3.11. The first-order valence-corrected chi connectivity index (χ1v) is 8.40. The van der Waals surface area contributed by atoms with E-state index in [1.807, 2.05) is 18.8 Å². The summed E-state index contributed by atoms with van der Waals surface area (Å²) in [5.41, 5.74) is -0.920. The van der Waals surface area contributed by atoms with E-state index in [9.17, 15) is 4.39 Å². The van der Waals surface area contributed by atoms with Crippen LogP contribution in [0.25, 0.3) is 0 Å². The van der Waals surface area contributed by atoms with Gasteiger partial charge in [0, 0.05) is 13.1 Å². The van der Waals surface area contributed by atoms with Crippen LogP contribution < -0.4 is 0 Å². The summed E-state index contributed by atoms with van der Waals surface area (Å²) in [4.78, 5) is 2.10. The van der Waals surface area contributed by atoms with Crippen LogP contribution in [0.2, 0.25) is 0 Å². The van der Waals surface area contributed by atoms with Crippen LogP contribution >= 0.6 is 11.8 Å². The summed E-state index contributed by atoms with van der Waals surface area (Å²) >= 11 is 2.02. The van der Waals surface area contributed by atoms with Gasteiger partial charge in [0.25, 0.3) is 0 Å². The summed E-state index contributed by atoms with van der Waals surface area (Å²) in [7, 11) is 2.01. The molecule has 4 heteroatoms. The first-order chi connectivity index (χ1) is 8.68. The Labute approximate surface area is 115 Å². The minimum absolute atomic E-state index is 0.450. The highest BCUT2D eigenvalue weighted by molar-refractivity contribution is 7.99. The third-order valence-electron chi connectivity index (χ3n) is 4.05. The first kappa shape index (κ1) is 14.6. The van der Waals surface area contributed by atoms with Crippen LogP contribution in [0.15, 0.2) is 0 Å². The molecule has 2 aliphatic rings. The molecule has 0 aromatic rings. The van der Waals surface area contributed by atoms with E-state index in [0.717, 1.165) is 38.8 Å². The van der Waals surface area contributed by atoms with Crippen molar-refractivity contribution in [3.8, 4) is 0 Å². The van der Waals surface area contributed by atoms with E-state index >= 15 is 0 Å². The maximum atomic E-state index is 14.3. The number of alkyl halides is 1. The van der Waals surface area contributed by atoms with Crippen molar-refractivity contribution in [3.63, 3.8) is 0 Å². The standard InChI is InChI=1S/C14H26FNOS/c1-16(12-14(15)6-2-3-7-14)8-9-17-13-4-10-18-11-5-13/h13H,2-12H2,1H3. The van der Waals surface area contributed by atoms with Gasteiger partial charge in [-0.15, -0.1) is 0 Å². The Bertz CT molecular complexity index is 240. The Balaban J connectivity index is 1.57. The largest absolute Gasteiger partial charge is 0.377 e. The molecule has 2 rings (SSSR count). The Morgan fingerprint density at radius 2 is 1.94 bits per heavy atom. The van der Waals surface area contributed by atoms with Gasteiger partial charge in [-0.2, -0.15) is 11.8 Å². The smallest absolute Gasteiger partial charge is 0.123 e. The van der Waals surface area contributed by atoms with Crippen molar-refractivity contribution in [2.75, 3.05) is 38.2 Å². The van der Waals surface area contributed by atoms with E-state index in [1.165, 1.54) is 24.3 Å². The van der Waals surface area contributed by atoms with E-state index in [4.69, 9.17) is 4.74 Å². The zero-order chi connectivity index (χ0) is 12.8. The molecule has 1 aliphatic carbocycles. The lowest BCUT2D eigenvalue weighted by molar-refractivity contribution is 0.0263. The predicted molar refractivity (Wildman–Crippen MR) is 76.1 cm³/mol. The highest BCUT2D eigenvalue weighted by Gasteiger charge is 2.34. The van der Waals surface area contributed by atoms with Crippen LogP contribution in [-0.2, 0) is 4.74 Å². The van der Waals surface area contributed by atoms with Gasteiger partial charge in [-0.3, -0.25) is 0 Å². The van der Waals surface area contributed by atoms with Crippen LogP contribution in [0, 0.1) is 0 Å². The fraction of sp³-hybridized carbons (Fsp3) is 1.00. The molecule has 2 fully saturated rings. The van der Waals surface area contributed by atoms with E-state index in [1.54, 1.807) is 0 Å². The van der Waals surface area contributed by atoms with Crippen LogP contribution in [-0.4, -0.2) is 54.9 Å². The average Bonchev–Trinajstić information content (AvgIpc) is 2.77. The molecule has 106 valence electrons. The summed E-state index contributed by atoms with van der Waals surface area (Å²) in [6.45, 7) is 2.19. The molecule has 1 aliphatic heterocycles. The maximum Gasteiger partial charge on any atom is 0.123 e.